The van der Waals surface area contributed by atoms with E-state index in [-0.39, 0.29) is 0 Å². The molecule has 0 aliphatic carbocycles. The fraction of sp³-hybridized carbons (Fsp3) is 0.417. The van der Waals surface area contributed by atoms with Crippen LogP contribution >= 0.6 is 15.9 Å². The number of benzene rings is 1. The summed E-state index contributed by atoms with van der Waals surface area (Å²) in [6.07, 6.45) is 0. The Labute approximate surface area is 104 Å². The van der Waals surface area contributed by atoms with E-state index in [0.717, 1.165) is 10.2 Å². The van der Waals surface area contributed by atoms with Crippen molar-refractivity contribution in [3.63, 3.8) is 0 Å². The number of nitrogens with zero attached hydrogens (tertiary/aromatic N) is 2. The standard InChI is InChI=1S/C12H15BrN2O/c1-12(2,16)8-15(3)11-5-4-10(13)6-9(11)7-14/h4-6,16H,8H2,1-3H3. The molecule has 0 unspecified atom stereocenters. The van der Waals surface area contributed by atoms with Crippen molar-refractivity contribution in [2.75, 3.05) is 18.5 Å². The monoisotopic (exact) mass is 282 g/mol. The lowest BCUT2D eigenvalue weighted by Crippen LogP contribution is -2.36. The fourth-order valence-corrected chi connectivity index (χ4v) is 1.96. The number of anilines is 1. The summed E-state index contributed by atoms with van der Waals surface area (Å²) in [5.41, 5.74) is 0.642. The summed E-state index contributed by atoms with van der Waals surface area (Å²) in [6, 6.07) is 7.68. The van der Waals surface area contributed by atoms with Crippen LogP contribution in [-0.4, -0.2) is 24.3 Å². The highest BCUT2D eigenvalue weighted by Crippen LogP contribution is 2.24. The summed E-state index contributed by atoms with van der Waals surface area (Å²) in [5, 5.41) is 18.8. The van der Waals surface area contributed by atoms with Crippen LogP contribution in [0.3, 0.4) is 0 Å². The first-order chi connectivity index (χ1) is 7.33. The molecule has 1 aromatic rings. The maximum atomic E-state index is 9.73. The van der Waals surface area contributed by atoms with Crippen molar-refractivity contribution in [1.82, 2.24) is 0 Å². The zero-order chi connectivity index (χ0) is 12.3. The van der Waals surface area contributed by atoms with Gasteiger partial charge in [-0.15, -0.1) is 0 Å². The molecule has 0 fully saturated rings. The van der Waals surface area contributed by atoms with Crippen LogP contribution in [-0.2, 0) is 0 Å². The molecule has 16 heavy (non-hydrogen) atoms. The summed E-state index contributed by atoms with van der Waals surface area (Å²) in [5.74, 6) is 0. The second-order valence-corrected chi connectivity index (χ2v) is 5.36. The number of nitriles is 1. The highest BCUT2D eigenvalue weighted by Gasteiger charge is 2.17. The third-order valence-electron chi connectivity index (χ3n) is 2.11. The molecule has 0 radical (unpaired) electrons. The molecule has 0 saturated heterocycles. The highest BCUT2D eigenvalue weighted by molar-refractivity contribution is 9.10. The number of rotatable bonds is 3. The third kappa shape index (κ3) is 3.51. The lowest BCUT2D eigenvalue weighted by atomic mass is 10.1. The molecule has 0 heterocycles. The summed E-state index contributed by atoms with van der Waals surface area (Å²) < 4.78 is 0.879. The van der Waals surface area contributed by atoms with Gasteiger partial charge in [0.05, 0.1) is 16.9 Å². The Bertz CT molecular complexity index is 418. The fourth-order valence-electron chi connectivity index (χ4n) is 1.60. The molecule has 0 spiro atoms. The minimum absolute atomic E-state index is 0.476. The quantitative estimate of drug-likeness (QED) is 0.927. The number of hydrogen-bond donors (Lipinski definition) is 1. The van der Waals surface area contributed by atoms with Gasteiger partial charge in [-0.2, -0.15) is 5.26 Å². The van der Waals surface area contributed by atoms with E-state index in [9.17, 15) is 5.11 Å². The second-order valence-electron chi connectivity index (χ2n) is 4.44. The van der Waals surface area contributed by atoms with E-state index in [4.69, 9.17) is 5.26 Å². The average molecular weight is 283 g/mol. The van der Waals surface area contributed by atoms with Gasteiger partial charge in [0.25, 0.3) is 0 Å². The van der Waals surface area contributed by atoms with Crippen molar-refractivity contribution in [1.29, 1.82) is 5.26 Å². The largest absolute Gasteiger partial charge is 0.389 e. The van der Waals surface area contributed by atoms with Crippen LogP contribution < -0.4 is 4.90 Å². The van der Waals surface area contributed by atoms with Crippen molar-refractivity contribution in [3.05, 3.63) is 28.2 Å². The van der Waals surface area contributed by atoms with Crippen molar-refractivity contribution < 1.29 is 5.11 Å². The van der Waals surface area contributed by atoms with Crippen LogP contribution in [0.2, 0.25) is 0 Å². The first-order valence-electron chi connectivity index (χ1n) is 4.96. The predicted octanol–water partition coefficient (Wildman–Crippen LogP) is 2.53. The lowest BCUT2D eigenvalue weighted by Gasteiger charge is -2.27. The van der Waals surface area contributed by atoms with E-state index >= 15 is 0 Å². The summed E-state index contributed by atoms with van der Waals surface area (Å²) in [4.78, 5) is 1.88. The van der Waals surface area contributed by atoms with Gasteiger partial charge in [0.2, 0.25) is 0 Å². The molecule has 0 amide bonds. The molecule has 3 nitrogen and oxygen atoms in total. The Morgan fingerprint density at radius 1 is 1.50 bits per heavy atom. The van der Waals surface area contributed by atoms with Gasteiger partial charge in [-0.05, 0) is 32.0 Å². The number of halogens is 1. The minimum atomic E-state index is -0.783. The molecule has 86 valence electrons. The van der Waals surface area contributed by atoms with E-state index in [0.29, 0.717) is 12.1 Å². The van der Waals surface area contributed by atoms with Crippen LogP contribution in [0.4, 0.5) is 5.69 Å². The molecular formula is C12H15BrN2O. The molecule has 0 atom stereocenters. The summed E-state index contributed by atoms with van der Waals surface area (Å²) in [7, 11) is 1.86. The van der Waals surface area contributed by atoms with E-state index in [1.807, 2.05) is 24.1 Å². The Hall–Kier alpha value is -1.05. The van der Waals surface area contributed by atoms with Crippen LogP contribution in [0.1, 0.15) is 19.4 Å². The first-order valence-corrected chi connectivity index (χ1v) is 5.76. The SMILES string of the molecule is CN(CC(C)(C)O)c1ccc(Br)cc1C#N. The molecule has 0 saturated carbocycles. The smallest absolute Gasteiger partial charge is 0.101 e. The first kappa shape index (κ1) is 13.0. The molecule has 4 heteroatoms. The Kier molecular flexibility index (Phi) is 3.95. The summed E-state index contributed by atoms with van der Waals surface area (Å²) >= 11 is 3.33. The number of aliphatic hydroxyl groups is 1. The van der Waals surface area contributed by atoms with E-state index in [1.54, 1.807) is 19.9 Å². The topological polar surface area (TPSA) is 47.3 Å². The molecule has 0 bridgehead atoms. The Morgan fingerprint density at radius 3 is 2.62 bits per heavy atom. The molecule has 1 rings (SSSR count). The van der Waals surface area contributed by atoms with E-state index in [2.05, 4.69) is 22.0 Å². The van der Waals surface area contributed by atoms with Gasteiger partial charge in [-0.3, -0.25) is 0 Å². The van der Waals surface area contributed by atoms with E-state index in [1.165, 1.54) is 0 Å². The Balaban J connectivity index is 3.00. The Morgan fingerprint density at radius 2 is 2.12 bits per heavy atom. The zero-order valence-corrected chi connectivity index (χ0v) is 11.2. The maximum Gasteiger partial charge on any atom is 0.101 e. The number of hydrogen-bond acceptors (Lipinski definition) is 3. The predicted molar refractivity (Wildman–Crippen MR) is 68.4 cm³/mol. The van der Waals surface area contributed by atoms with Gasteiger partial charge in [-0.1, -0.05) is 15.9 Å². The lowest BCUT2D eigenvalue weighted by molar-refractivity contribution is 0.0886. The van der Waals surface area contributed by atoms with Crippen molar-refractivity contribution in [2.45, 2.75) is 19.4 Å². The van der Waals surface area contributed by atoms with E-state index < -0.39 is 5.60 Å². The highest BCUT2D eigenvalue weighted by atomic mass is 79.9. The molecule has 1 aromatic carbocycles. The van der Waals surface area contributed by atoms with Gasteiger partial charge in [0.15, 0.2) is 0 Å². The van der Waals surface area contributed by atoms with Crippen LogP contribution in [0.25, 0.3) is 0 Å². The van der Waals surface area contributed by atoms with Crippen LogP contribution in [0.15, 0.2) is 22.7 Å². The average Bonchev–Trinajstić information content (AvgIpc) is 2.14. The molecule has 1 N–H and O–H groups in total. The van der Waals surface area contributed by atoms with Crippen molar-refractivity contribution in [3.8, 4) is 6.07 Å². The molecule has 0 aliphatic rings. The number of likely N-dealkylation sites (N-methyl/N-ethyl adjacent to an activating group) is 1. The van der Waals surface area contributed by atoms with Gasteiger partial charge >= 0.3 is 0 Å². The maximum absolute atomic E-state index is 9.73. The van der Waals surface area contributed by atoms with Crippen LogP contribution in [0, 0.1) is 11.3 Å². The molecule has 0 aliphatic heterocycles. The van der Waals surface area contributed by atoms with Gasteiger partial charge in [-0.25, -0.2) is 0 Å². The molecule has 0 aromatic heterocycles. The minimum Gasteiger partial charge on any atom is -0.389 e. The van der Waals surface area contributed by atoms with Crippen molar-refractivity contribution in [2.24, 2.45) is 0 Å². The van der Waals surface area contributed by atoms with Crippen LogP contribution in [0.5, 0.6) is 0 Å². The third-order valence-corrected chi connectivity index (χ3v) is 2.61. The summed E-state index contributed by atoms with van der Waals surface area (Å²) in [6.45, 7) is 3.96. The second kappa shape index (κ2) is 4.86. The normalized spacial score (nSPS) is 11.0. The van der Waals surface area contributed by atoms with Gasteiger partial charge in [0.1, 0.15) is 6.07 Å². The van der Waals surface area contributed by atoms with Gasteiger partial charge in [0, 0.05) is 18.1 Å². The van der Waals surface area contributed by atoms with Gasteiger partial charge < -0.3 is 10.0 Å². The zero-order valence-electron chi connectivity index (χ0n) is 9.66. The molecular weight excluding hydrogens is 268 g/mol. The van der Waals surface area contributed by atoms with Crippen molar-refractivity contribution >= 4 is 21.6 Å².